The van der Waals surface area contributed by atoms with Gasteiger partial charge in [-0.1, -0.05) is 0 Å². The van der Waals surface area contributed by atoms with E-state index in [-0.39, 0.29) is 6.61 Å². The highest BCUT2D eigenvalue weighted by molar-refractivity contribution is 4.62. The summed E-state index contributed by atoms with van der Waals surface area (Å²) >= 11 is 0. The lowest BCUT2D eigenvalue weighted by atomic mass is 10.4. The minimum atomic E-state index is -0.0247. The standard InChI is InChI=1S/C8H17N2O2/c11-6-2-9-1-3-10-4-7-12-8-5-10/h9H,1-8H2. The van der Waals surface area contributed by atoms with Gasteiger partial charge in [-0.2, -0.15) is 0 Å². The van der Waals surface area contributed by atoms with Crippen molar-refractivity contribution in [3.8, 4) is 0 Å². The van der Waals surface area contributed by atoms with Crippen LogP contribution in [0.5, 0.6) is 0 Å². The van der Waals surface area contributed by atoms with Crippen LogP contribution in [-0.4, -0.2) is 57.4 Å². The van der Waals surface area contributed by atoms with Crippen molar-refractivity contribution in [2.75, 3.05) is 52.5 Å². The maximum absolute atomic E-state index is 10.1. The molecule has 1 fully saturated rings. The van der Waals surface area contributed by atoms with Gasteiger partial charge in [0, 0.05) is 32.7 Å². The lowest BCUT2D eigenvalue weighted by molar-refractivity contribution is 0.0382. The van der Waals surface area contributed by atoms with Gasteiger partial charge in [0.05, 0.1) is 19.8 Å². The Morgan fingerprint density at radius 3 is 2.67 bits per heavy atom. The molecular weight excluding hydrogens is 156 g/mol. The molecule has 1 heterocycles. The van der Waals surface area contributed by atoms with Gasteiger partial charge in [0.2, 0.25) is 0 Å². The van der Waals surface area contributed by atoms with Crippen molar-refractivity contribution in [1.82, 2.24) is 10.2 Å². The number of hydrogen-bond donors (Lipinski definition) is 1. The zero-order chi connectivity index (χ0) is 8.65. The second-order valence-electron chi connectivity index (χ2n) is 2.91. The fourth-order valence-corrected chi connectivity index (χ4v) is 1.26. The molecule has 0 atom stereocenters. The molecule has 1 N–H and O–H groups in total. The largest absolute Gasteiger partial charge is 0.379 e. The predicted octanol–water partition coefficient (Wildman–Crippen LogP) is -0.661. The van der Waals surface area contributed by atoms with Crippen molar-refractivity contribution in [1.29, 1.82) is 0 Å². The Kier molecular flexibility index (Phi) is 5.27. The maximum atomic E-state index is 10.1. The van der Waals surface area contributed by atoms with Gasteiger partial charge in [0.1, 0.15) is 0 Å². The van der Waals surface area contributed by atoms with E-state index in [9.17, 15) is 5.11 Å². The minimum absolute atomic E-state index is 0.0247. The molecule has 1 rings (SSSR count). The van der Waals surface area contributed by atoms with E-state index in [2.05, 4.69) is 10.2 Å². The molecule has 0 saturated carbocycles. The summed E-state index contributed by atoms with van der Waals surface area (Å²) in [6, 6.07) is 0. The molecule has 0 aliphatic carbocycles. The summed E-state index contributed by atoms with van der Waals surface area (Å²) < 4.78 is 5.22. The van der Waals surface area contributed by atoms with Crippen LogP contribution in [0.2, 0.25) is 0 Å². The molecule has 1 aliphatic rings. The Labute approximate surface area is 73.5 Å². The molecular formula is C8H17N2O2. The van der Waals surface area contributed by atoms with Crippen LogP contribution in [0.15, 0.2) is 0 Å². The van der Waals surface area contributed by atoms with E-state index < -0.39 is 0 Å². The molecule has 0 unspecified atom stereocenters. The maximum Gasteiger partial charge on any atom is 0.0946 e. The summed E-state index contributed by atoms with van der Waals surface area (Å²) in [5.74, 6) is 0. The molecule has 0 aromatic rings. The van der Waals surface area contributed by atoms with Gasteiger partial charge >= 0.3 is 0 Å². The van der Waals surface area contributed by atoms with E-state index >= 15 is 0 Å². The summed E-state index contributed by atoms with van der Waals surface area (Å²) in [5, 5.41) is 13.2. The Hall–Kier alpha value is -0.160. The van der Waals surface area contributed by atoms with Gasteiger partial charge in [-0.25, -0.2) is 5.11 Å². The molecule has 1 aliphatic heterocycles. The molecule has 4 heteroatoms. The molecule has 0 spiro atoms. The topological polar surface area (TPSA) is 44.4 Å². The van der Waals surface area contributed by atoms with E-state index in [1.54, 1.807) is 0 Å². The predicted molar refractivity (Wildman–Crippen MR) is 45.7 cm³/mol. The first-order valence-corrected chi connectivity index (χ1v) is 4.52. The monoisotopic (exact) mass is 173 g/mol. The van der Waals surface area contributed by atoms with Crippen LogP contribution in [0, 0.1) is 0 Å². The Morgan fingerprint density at radius 2 is 2.00 bits per heavy atom. The highest BCUT2D eigenvalue weighted by Crippen LogP contribution is 1.94. The van der Waals surface area contributed by atoms with Gasteiger partial charge in [-0.3, -0.25) is 4.90 Å². The van der Waals surface area contributed by atoms with Crippen LogP contribution in [-0.2, 0) is 9.84 Å². The van der Waals surface area contributed by atoms with Crippen LogP contribution in [0.4, 0.5) is 0 Å². The molecule has 71 valence electrons. The highest BCUT2D eigenvalue weighted by Gasteiger charge is 2.08. The molecule has 0 aromatic carbocycles. The fraction of sp³-hybridized carbons (Fsp3) is 1.00. The van der Waals surface area contributed by atoms with Gasteiger partial charge in [-0.05, 0) is 0 Å². The summed E-state index contributed by atoms with van der Waals surface area (Å²) in [5.41, 5.74) is 0. The van der Waals surface area contributed by atoms with Crippen molar-refractivity contribution in [2.45, 2.75) is 0 Å². The smallest absolute Gasteiger partial charge is 0.0946 e. The quantitative estimate of drug-likeness (QED) is 0.561. The first-order chi connectivity index (χ1) is 5.93. The number of ether oxygens (including phenoxy) is 1. The van der Waals surface area contributed by atoms with Crippen molar-refractivity contribution in [3.63, 3.8) is 0 Å². The van der Waals surface area contributed by atoms with E-state index in [4.69, 9.17) is 4.74 Å². The van der Waals surface area contributed by atoms with Crippen molar-refractivity contribution in [2.24, 2.45) is 0 Å². The Bertz CT molecular complexity index is 105. The van der Waals surface area contributed by atoms with E-state index in [0.29, 0.717) is 6.54 Å². The average Bonchev–Trinajstić information content (AvgIpc) is 2.14. The molecule has 0 aromatic heterocycles. The number of nitrogens with zero attached hydrogens (tertiary/aromatic N) is 1. The first kappa shape index (κ1) is 9.92. The minimum Gasteiger partial charge on any atom is -0.379 e. The summed E-state index contributed by atoms with van der Waals surface area (Å²) in [6.45, 7) is 6.26. The summed E-state index contributed by atoms with van der Waals surface area (Å²) in [6.07, 6.45) is 0. The zero-order valence-corrected chi connectivity index (χ0v) is 7.42. The Balaban J connectivity index is 1.91. The third kappa shape index (κ3) is 4.01. The zero-order valence-electron chi connectivity index (χ0n) is 7.42. The third-order valence-electron chi connectivity index (χ3n) is 1.99. The van der Waals surface area contributed by atoms with Crippen LogP contribution >= 0.6 is 0 Å². The molecule has 1 radical (unpaired) electrons. The second kappa shape index (κ2) is 6.37. The van der Waals surface area contributed by atoms with Gasteiger partial charge in [-0.15, -0.1) is 0 Å². The average molecular weight is 173 g/mol. The van der Waals surface area contributed by atoms with E-state index in [1.807, 2.05) is 0 Å². The van der Waals surface area contributed by atoms with Gasteiger partial charge in [0.25, 0.3) is 0 Å². The molecule has 4 nitrogen and oxygen atoms in total. The molecule has 1 saturated heterocycles. The summed E-state index contributed by atoms with van der Waals surface area (Å²) in [4.78, 5) is 2.35. The number of nitrogens with one attached hydrogen (secondary N) is 1. The van der Waals surface area contributed by atoms with Crippen LogP contribution in [0.1, 0.15) is 0 Å². The van der Waals surface area contributed by atoms with E-state index in [1.165, 1.54) is 0 Å². The third-order valence-corrected chi connectivity index (χ3v) is 1.99. The number of rotatable bonds is 5. The highest BCUT2D eigenvalue weighted by atomic mass is 16.5. The van der Waals surface area contributed by atoms with Crippen LogP contribution in [0.3, 0.4) is 0 Å². The number of morpholine rings is 1. The molecule has 0 bridgehead atoms. The van der Waals surface area contributed by atoms with E-state index in [0.717, 1.165) is 39.4 Å². The van der Waals surface area contributed by atoms with Gasteiger partial charge < -0.3 is 10.1 Å². The fourth-order valence-electron chi connectivity index (χ4n) is 1.26. The van der Waals surface area contributed by atoms with Crippen molar-refractivity contribution in [3.05, 3.63) is 0 Å². The van der Waals surface area contributed by atoms with Crippen LogP contribution in [0.25, 0.3) is 0 Å². The molecule has 0 amide bonds. The Morgan fingerprint density at radius 1 is 1.25 bits per heavy atom. The van der Waals surface area contributed by atoms with Crippen molar-refractivity contribution < 1.29 is 9.84 Å². The second-order valence-corrected chi connectivity index (χ2v) is 2.91. The number of hydrogen-bond acceptors (Lipinski definition) is 3. The van der Waals surface area contributed by atoms with Crippen molar-refractivity contribution >= 4 is 0 Å². The lowest BCUT2D eigenvalue weighted by Crippen LogP contribution is -2.40. The first-order valence-electron chi connectivity index (χ1n) is 4.52. The SMILES string of the molecule is [O]CCNCCN1CCOCC1. The normalized spacial score (nSPS) is 19.8. The molecule has 12 heavy (non-hydrogen) atoms. The summed E-state index contributed by atoms with van der Waals surface area (Å²) in [7, 11) is 0. The van der Waals surface area contributed by atoms with Crippen LogP contribution < -0.4 is 5.32 Å². The van der Waals surface area contributed by atoms with Gasteiger partial charge in [0.15, 0.2) is 0 Å². The lowest BCUT2D eigenvalue weighted by Gasteiger charge is -2.26.